The number of amides is 1. The van der Waals surface area contributed by atoms with E-state index in [9.17, 15) is 14.9 Å². The first-order valence-corrected chi connectivity index (χ1v) is 10.3. The van der Waals surface area contributed by atoms with E-state index in [0.717, 1.165) is 32.7 Å². The van der Waals surface area contributed by atoms with Gasteiger partial charge in [0.25, 0.3) is 5.69 Å². The largest absolute Gasteiger partial charge is 0.496 e. The van der Waals surface area contributed by atoms with E-state index in [1.54, 1.807) is 6.07 Å². The number of ether oxygens (including phenoxy) is 1. The lowest BCUT2D eigenvalue weighted by Gasteiger charge is -2.37. The van der Waals surface area contributed by atoms with E-state index >= 15 is 0 Å². The minimum atomic E-state index is -0.523. The Hall–Kier alpha value is -3.23. The smallest absolute Gasteiger partial charge is 0.296 e. The number of nitrogens with zero attached hydrogens (tertiary/aromatic N) is 3. The molecule has 1 aliphatic heterocycles. The molecule has 2 aromatic rings. The minimum absolute atomic E-state index is 0.173. The summed E-state index contributed by atoms with van der Waals surface area (Å²) >= 11 is 0. The highest BCUT2D eigenvalue weighted by Gasteiger charge is 2.27. The van der Waals surface area contributed by atoms with Gasteiger partial charge in [0.05, 0.1) is 24.1 Å². The van der Waals surface area contributed by atoms with Crippen molar-refractivity contribution in [2.24, 2.45) is 0 Å². The highest BCUT2D eigenvalue weighted by Crippen LogP contribution is 2.29. The molecule has 2 aromatic carbocycles. The van der Waals surface area contributed by atoms with Gasteiger partial charge < -0.3 is 10.1 Å². The van der Waals surface area contributed by atoms with Crippen LogP contribution in [0, 0.1) is 10.1 Å². The third kappa shape index (κ3) is 6.13. The molecule has 8 nitrogen and oxygen atoms in total. The number of carbonyl (C=O) groups is 1. The number of nitro benzene ring substituents is 1. The van der Waals surface area contributed by atoms with Gasteiger partial charge >= 0.3 is 0 Å². The molecule has 1 amide bonds. The average molecular weight is 425 g/mol. The number of benzene rings is 2. The molecule has 1 atom stereocenters. The lowest BCUT2D eigenvalue weighted by Crippen LogP contribution is -2.52. The molecule has 1 fully saturated rings. The summed E-state index contributed by atoms with van der Waals surface area (Å²) in [6.07, 6.45) is 4.27. The van der Waals surface area contributed by atoms with Crippen molar-refractivity contribution < 1.29 is 14.5 Å². The fourth-order valence-electron chi connectivity index (χ4n) is 3.53. The zero-order chi connectivity index (χ0) is 22.2. The standard InChI is InChI=1S/C23H28N4O4/c1-18(23(28)24-21-11-10-20(31-2)17-22(21)27(29)30)26-15-13-25(14-16-26)12-6-9-19-7-4-3-5-8-19/h3-11,17-18H,12-16H2,1-2H3,(H,24,28)/b9-6+. The van der Waals surface area contributed by atoms with Crippen molar-refractivity contribution in [1.82, 2.24) is 9.80 Å². The molecule has 0 aliphatic carbocycles. The highest BCUT2D eigenvalue weighted by molar-refractivity contribution is 5.96. The Labute approximate surface area is 182 Å². The van der Waals surface area contributed by atoms with Crippen LogP contribution in [0.25, 0.3) is 6.08 Å². The number of rotatable bonds is 8. The number of piperazine rings is 1. The van der Waals surface area contributed by atoms with Gasteiger partial charge in [0, 0.05) is 32.7 Å². The Balaban J connectivity index is 1.51. The van der Waals surface area contributed by atoms with E-state index in [-0.39, 0.29) is 23.3 Å². The van der Waals surface area contributed by atoms with Crippen molar-refractivity contribution in [2.75, 3.05) is 45.2 Å². The van der Waals surface area contributed by atoms with Crippen LogP contribution in [0.5, 0.6) is 5.75 Å². The first-order valence-electron chi connectivity index (χ1n) is 10.3. The van der Waals surface area contributed by atoms with E-state index in [1.165, 1.54) is 24.8 Å². The average Bonchev–Trinajstić information content (AvgIpc) is 2.80. The van der Waals surface area contributed by atoms with Gasteiger partial charge in [-0.1, -0.05) is 42.5 Å². The van der Waals surface area contributed by atoms with E-state index in [0.29, 0.717) is 5.75 Å². The second kappa shape index (κ2) is 10.7. The summed E-state index contributed by atoms with van der Waals surface area (Å²) in [4.78, 5) is 28.0. The summed E-state index contributed by atoms with van der Waals surface area (Å²) in [5.74, 6) is 0.112. The predicted molar refractivity (Wildman–Crippen MR) is 121 cm³/mol. The van der Waals surface area contributed by atoms with Crippen LogP contribution >= 0.6 is 0 Å². The second-order valence-corrected chi connectivity index (χ2v) is 7.46. The zero-order valence-electron chi connectivity index (χ0n) is 17.9. The summed E-state index contributed by atoms with van der Waals surface area (Å²) in [7, 11) is 1.44. The van der Waals surface area contributed by atoms with Crippen molar-refractivity contribution in [2.45, 2.75) is 13.0 Å². The number of hydrogen-bond donors (Lipinski definition) is 1. The molecule has 1 heterocycles. The quantitative estimate of drug-likeness (QED) is 0.517. The fraction of sp³-hybridized carbons (Fsp3) is 0.348. The predicted octanol–water partition coefficient (Wildman–Crippen LogP) is 3.26. The number of nitro groups is 1. The molecule has 0 bridgehead atoms. The molecule has 164 valence electrons. The van der Waals surface area contributed by atoms with Gasteiger partial charge in [-0.25, -0.2) is 0 Å². The van der Waals surface area contributed by atoms with Crippen LogP contribution in [0.15, 0.2) is 54.6 Å². The highest BCUT2D eigenvalue weighted by atomic mass is 16.6. The van der Waals surface area contributed by atoms with Crippen LogP contribution in [-0.4, -0.2) is 66.5 Å². The van der Waals surface area contributed by atoms with Crippen LogP contribution in [0.1, 0.15) is 12.5 Å². The summed E-state index contributed by atoms with van der Waals surface area (Å²) in [5, 5.41) is 14.0. The number of methoxy groups -OCH3 is 1. The van der Waals surface area contributed by atoms with Crippen LogP contribution < -0.4 is 10.1 Å². The molecular formula is C23H28N4O4. The minimum Gasteiger partial charge on any atom is -0.496 e. The summed E-state index contributed by atoms with van der Waals surface area (Å²) < 4.78 is 5.04. The Morgan fingerprint density at radius 2 is 1.90 bits per heavy atom. The monoisotopic (exact) mass is 424 g/mol. The van der Waals surface area contributed by atoms with Crippen LogP contribution in [0.4, 0.5) is 11.4 Å². The van der Waals surface area contributed by atoms with Crippen molar-refractivity contribution in [1.29, 1.82) is 0 Å². The van der Waals surface area contributed by atoms with Crippen molar-refractivity contribution >= 4 is 23.4 Å². The van der Waals surface area contributed by atoms with Crippen LogP contribution in [0.2, 0.25) is 0 Å². The Bertz CT molecular complexity index is 924. The normalized spacial score (nSPS) is 16.2. The fourth-order valence-corrected chi connectivity index (χ4v) is 3.53. The number of carbonyl (C=O) groups excluding carboxylic acids is 1. The van der Waals surface area contributed by atoms with Gasteiger partial charge in [-0.3, -0.25) is 24.7 Å². The zero-order valence-corrected chi connectivity index (χ0v) is 17.9. The molecule has 3 rings (SSSR count). The maximum atomic E-state index is 12.7. The van der Waals surface area contributed by atoms with Gasteiger partial charge in [0.2, 0.25) is 5.91 Å². The van der Waals surface area contributed by atoms with Crippen LogP contribution in [-0.2, 0) is 4.79 Å². The maximum absolute atomic E-state index is 12.7. The van der Waals surface area contributed by atoms with E-state index < -0.39 is 4.92 Å². The molecule has 1 saturated heterocycles. The molecule has 8 heteroatoms. The second-order valence-electron chi connectivity index (χ2n) is 7.46. The van der Waals surface area contributed by atoms with E-state index in [2.05, 4.69) is 39.4 Å². The lowest BCUT2D eigenvalue weighted by atomic mass is 10.2. The van der Waals surface area contributed by atoms with Crippen LogP contribution in [0.3, 0.4) is 0 Å². The van der Waals surface area contributed by atoms with Crippen molar-refractivity contribution in [3.63, 3.8) is 0 Å². The third-order valence-electron chi connectivity index (χ3n) is 5.47. The Morgan fingerprint density at radius 3 is 2.55 bits per heavy atom. The van der Waals surface area contributed by atoms with E-state index in [1.807, 2.05) is 25.1 Å². The lowest BCUT2D eigenvalue weighted by molar-refractivity contribution is -0.384. The van der Waals surface area contributed by atoms with E-state index in [4.69, 9.17) is 4.74 Å². The van der Waals surface area contributed by atoms with Crippen molar-refractivity contribution in [3.8, 4) is 5.75 Å². The SMILES string of the molecule is COc1ccc(NC(=O)C(C)N2CCN(C/C=C/c3ccccc3)CC2)c([N+](=O)[O-])c1. The molecule has 0 radical (unpaired) electrons. The number of anilines is 1. The molecule has 0 saturated carbocycles. The molecule has 1 unspecified atom stereocenters. The molecule has 0 spiro atoms. The topological polar surface area (TPSA) is 88.0 Å². The Morgan fingerprint density at radius 1 is 1.19 bits per heavy atom. The molecule has 1 N–H and O–H groups in total. The first-order chi connectivity index (χ1) is 15.0. The molecular weight excluding hydrogens is 396 g/mol. The number of nitrogens with one attached hydrogen (secondary N) is 1. The summed E-state index contributed by atoms with van der Waals surface area (Å²) in [5.41, 5.74) is 1.17. The number of hydrogen-bond acceptors (Lipinski definition) is 6. The summed E-state index contributed by atoms with van der Waals surface area (Å²) in [6.45, 7) is 5.94. The Kier molecular flexibility index (Phi) is 7.75. The third-order valence-corrected chi connectivity index (χ3v) is 5.47. The molecule has 0 aromatic heterocycles. The van der Waals surface area contributed by atoms with Gasteiger partial charge in [0.15, 0.2) is 0 Å². The van der Waals surface area contributed by atoms with Gasteiger partial charge in [-0.05, 0) is 24.6 Å². The summed E-state index contributed by atoms with van der Waals surface area (Å²) in [6, 6.07) is 14.2. The maximum Gasteiger partial charge on any atom is 0.296 e. The van der Waals surface area contributed by atoms with Crippen molar-refractivity contribution in [3.05, 3.63) is 70.3 Å². The van der Waals surface area contributed by atoms with Gasteiger partial charge in [-0.2, -0.15) is 0 Å². The van der Waals surface area contributed by atoms with Gasteiger partial charge in [-0.15, -0.1) is 0 Å². The van der Waals surface area contributed by atoms with Gasteiger partial charge in [0.1, 0.15) is 11.4 Å². The molecule has 31 heavy (non-hydrogen) atoms. The first kappa shape index (κ1) is 22.5. The molecule has 1 aliphatic rings.